The maximum atomic E-state index is 14.3. The molecule has 1 aromatic carbocycles. The molecule has 0 radical (unpaired) electrons. The van der Waals surface area contributed by atoms with Gasteiger partial charge in [0.1, 0.15) is 18.1 Å². The second-order valence-electron chi connectivity index (χ2n) is 16.2. The Morgan fingerprint density at radius 3 is 2.18 bits per heavy atom. The van der Waals surface area contributed by atoms with Crippen LogP contribution in [0.25, 0.3) is 0 Å². The highest BCUT2D eigenvalue weighted by molar-refractivity contribution is 6.38. The lowest BCUT2D eigenvalue weighted by molar-refractivity contribution is -0.145. The lowest BCUT2D eigenvalue weighted by atomic mass is 9.81. The third kappa shape index (κ3) is 10.6. The van der Waals surface area contributed by atoms with Crippen molar-refractivity contribution in [2.75, 3.05) is 33.8 Å². The van der Waals surface area contributed by atoms with Crippen LogP contribution in [0, 0.1) is 29.1 Å². The van der Waals surface area contributed by atoms with Crippen molar-refractivity contribution in [1.82, 2.24) is 31.1 Å². The largest absolute Gasteiger partial charge is 0.449 e. The number of Topliss-reactive ketones (excluding diaryl/α,β-unsaturated/α-hetero) is 1. The minimum atomic E-state index is -2.88. The molecule has 1 aliphatic heterocycles. The molecule has 4 N–H and O–H groups in total. The summed E-state index contributed by atoms with van der Waals surface area (Å²) in [6.45, 7) is 9.02. The van der Waals surface area contributed by atoms with Crippen molar-refractivity contribution in [3.8, 4) is 0 Å². The van der Waals surface area contributed by atoms with E-state index >= 15 is 0 Å². The Balaban J connectivity index is 1.46. The number of amides is 6. The van der Waals surface area contributed by atoms with Crippen LogP contribution < -0.4 is 21.3 Å². The first-order valence-corrected chi connectivity index (χ1v) is 19.1. The minimum Gasteiger partial charge on any atom is -0.449 e. The van der Waals surface area contributed by atoms with Gasteiger partial charge in [-0.3, -0.25) is 28.8 Å². The van der Waals surface area contributed by atoms with Gasteiger partial charge in [-0.15, -0.1) is 0 Å². The van der Waals surface area contributed by atoms with Crippen molar-refractivity contribution >= 4 is 41.4 Å². The Bertz CT molecular complexity index is 1600. The highest BCUT2D eigenvalue weighted by atomic mass is 19.3. The van der Waals surface area contributed by atoms with Crippen LogP contribution in [-0.2, 0) is 33.5 Å². The van der Waals surface area contributed by atoms with E-state index in [0.717, 1.165) is 0 Å². The number of alkyl carbamates (subject to hydrolysis) is 1. The van der Waals surface area contributed by atoms with Crippen molar-refractivity contribution in [2.24, 2.45) is 29.1 Å². The van der Waals surface area contributed by atoms with Gasteiger partial charge in [0.15, 0.2) is 0 Å². The predicted molar refractivity (Wildman–Crippen MR) is 197 cm³/mol. The average Bonchev–Trinajstić information content (AvgIpc) is 3.43. The zero-order valence-corrected chi connectivity index (χ0v) is 32.8. The van der Waals surface area contributed by atoms with Crippen LogP contribution in [0.4, 0.5) is 13.6 Å². The molecule has 55 heavy (non-hydrogen) atoms. The number of piperidine rings is 1. The molecular weight excluding hydrogens is 718 g/mol. The number of ether oxygens (including phenoxy) is 1. The first-order valence-electron chi connectivity index (χ1n) is 19.1. The first-order chi connectivity index (χ1) is 25.8. The number of nitrogens with zero attached hydrogens (tertiary/aromatic N) is 2. The Labute approximate surface area is 321 Å². The maximum Gasteiger partial charge on any atom is 0.407 e. The quantitative estimate of drug-likeness (QED) is 0.185. The van der Waals surface area contributed by atoms with Gasteiger partial charge in [-0.05, 0) is 53.9 Å². The van der Waals surface area contributed by atoms with Crippen molar-refractivity contribution in [2.45, 2.75) is 103 Å². The number of nitrogens with one attached hydrogen (secondary N) is 4. The summed E-state index contributed by atoms with van der Waals surface area (Å²) < 4.78 is 33.6. The second kappa shape index (κ2) is 17.9. The fraction of sp³-hybridized carbons (Fsp3) is 0.667. The Morgan fingerprint density at radius 2 is 1.60 bits per heavy atom. The van der Waals surface area contributed by atoms with E-state index in [9.17, 15) is 42.3 Å². The topological polar surface area (TPSA) is 183 Å². The summed E-state index contributed by atoms with van der Waals surface area (Å²) in [5, 5.41) is 10.2. The Kier molecular flexibility index (Phi) is 14.0. The summed E-state index contributed by atoms with van der Waals surface area (Å²) in [4.78, 5) is 96.2. The number of benzene rings is 1. The molecule has 304 valence electrons. The van der Waals surface area contributed by atoms with Gasteiger partial charge in [-0.1, -0.05) is 71.4 Å². The monoisotopic (exact) mass is 774 g/mol. The summed E-state index contributed by atoms with van der Waals surface area (Å²) in [5.74, 6) is -8.34. The number of hydrogen-bond donors (Lipinski definition) is 4. The fourth-order valence-corrected chi connectivity index (χ4v) is 7.80. The molecule has 0 bridgehead atoms. The molecule has 2 aliphatic carbocycles. The second-order valence-corrected chi connectivity index (χ2v) is 16.2. The van der Waals surface area contributed by atoms with Crippen LogP contribution in [0.2, 0.25) is 0 Å². The molecule has 1 aromatic rings. The number of fused-ring (bicyclic) bond motifs is 1. The van der Waals surface area contributed by atoms with E-state index in [1.807, 2.05) is 27.7 Å². The third-order valence-electron chi connectivity index (χ3n) is 11.1. The van der Waals surface area contributed by atoms with Crippen molar-refractivity contribution in [3.05, 3.63) is 35.9 Å². The number of likely N-dealkylation sites (tertiary alicyclic amines) is 1. The minimum absolute atomic E-state index is 0.0121. The molecule has 5 unspecified atom stereocenters. The molecule has 16 heteroatoms. The van der Waals surface area contributed by atoms with Crippen LogP contribution in [0.3, 0.4) is 0 Å². The number of carbonyl (C=O) groups excluding carboxylic acids is 7. The van der Waals surface area contributed by atoms with Crippen LogP contribution >= 0.6 is 0 Å². The summed E-state index contributed by atoms with van der Waals surface area (Å²) in [5.41, 5.74) is 0.197. The molecular formula is C39H56F2N6O8. The van der Waals surface area contributed by atoms with Gasteiger partial charge in [-0.25, -0.2) is 13.6 Å². The molecule has 6 amide bonds. The van der Waals surface area contributed by atoms with Gasteiger partial charge >= 0.3 is 6.09 Å². The SMILES string of the molecule is CCCC(NC(=O)C1C2C(CN1C(=O)C(NC(=O)OCC(C)C)C1CCC(F)(F)CC1)C2(C)C)C(=O)C(=O)NCC(=O)N[C@H](C(=O)N(C)C)c1ccccc1. The molecule has 1 heterocycles. The predicted octanol–water partition coefficient (Wildman–Crippen LogP) is 2.96. The van der Waals surface area contributed by atoms with Crippen LogP contribution in [0.5, 0.6) is 0 Å². The number of hydrogen-bond acceptors (Lipinski definition) is 8. The highest BCUT2D eigenvalue weighted by Crippen LogP contribution is 2.65. The molecule has 6 atom stereocenters. The average molecular weight is 775 g/mol. The zero-order chi connectivity index (χ0) is 40.8. The Hall–Kier alpha value is -4.63. The van der Waals surface area contributed by atoms with Crippen LogP contribution in [-0.4, -0.2) is 109 Å². The summed E-state index contributed by atoms with van der Waals surface area (Å²) in [6, 6.07) is 3.94. The van der Waals surface area contributed by atoms with Gasteiger partial charge in [0.2, 0.25) is 35.3 Å². The van der Waals surface area contributed by atoms with Crippen LogP contribution in [0.15, 0.2) is 30.3 Å². The molecule has 4 rings (SSSR count). The number of likely N-dealkylation sites (N-methyl/N-ethyl adjacent to an activating group) is 1. The molecule has 0 spiro atoms. The van der Waals surface area contributed by atoms with Gasteiger partial charge < -0.3 is 35.8 Å². The summed E-state index contributed by atoms with van der Waals surface area (Å²) in [6.07, 6.45) is -1.30. The van der Waals surface area contributed by atoms with E-state index in [2.05, 4.69) is 21.3 Å². The lowest BCUT2D eigenvalue weighted by Gasteiger charge is -2.38. The number of rotatable bonds is 16. The lowest BCUT2D eigenvalue weighted by Crippen LogP contribution is -2.60. The van der Waals surface area contributed by atoms with E-state index in [1.165, 1.54) is 9.80 Å². The van der Waals surface area contributed by atoms with Crippen molar-refractivity contribution in [1.29, 1.82) is 0 Å². The van der Waals surface area contributed by atoms with Gasteiger partial charge in [0.25, 0.3) is 5.91 Å². The van der Waals surface area contributed by atoms with E-state index in [0.29, 0.717) is 12.0 Å². The highest BCUT2D eigenvalue weighted by Gasteiger charge is 2.70. The molecule has 1 saturated heterocycles. The third-order valence-corrected chi connectivity index (χ3v) is 11.1. The van der Waals surface area contributed by atoms with Crippen LogP contribution in [0.1, 0.15) is 84.7 Å². The molecule has 3 aliphatic rings. The molecule has 14 nitrogen and oxygen atoms in total. The van der Waals surface area contributed by atoms with E-state index in [4.69, 9.17) is 4.74 Å². The van der Waals surface area contributed by atoms with Gasteiger partial charge in [0.05, 0.1) is 19.2 Å². The van der Waals surface area contributed by atoms with E-state index in [1.54, 1.807) is 51.4 Å². The molecule has 0 aromatic heterocycles. The smallest absolute Gasteiger partial charge is 0.407 e. The number of carbonyl (C=O) groups is 7. The van der Waals surface area contributed by atoms with Gasteiger partial charge in [0, 0.05) is 33.5 Å². The first kappa shape index (κ1) is 43.1. The molecule has 3 fully saturated rings. The standard InChI is InChI=1S/C39H56F2N6O8/c1-8-12-26(32(49)34(51)42-19-27(48)44-29(35(52)46(6)7)23-13-10-9-11-14-23)43-33(50)31-28-25(38(28,4)5)20-47(31)36(53)30(45-37(54)55-21-22(2)3)24-15-17-39(40,41)18-16-24/h9-11,13-14,22,24-26,28-31H,8,12,15-21H2,1-7H3,(H,42,51)(H,43,50)(H,44,48)(H,45,54)/t25?,26?,28?,29-,30?,31?/m0/s1. The van der Waals surface area contributed by atoms with E-state index in [-0.39, 0.29) is 55.6 Å². The Morgan fingerprint density at radius 1 is 0.964 bits per heavy atom. The number of alkyl halides is 2. The maximum absolute atomic E-state index is 14.3. The number of ketones is 1. The van der Waals surface area contributed by atoms with Gasteiger partial charge in [-0.2, -0.15) is 0 Å². The molecule has 2 saturated carbocycles. The fourth-order valence-electron chi connectivity index (χ4n) is 7.80. The normalized spacial score (nSPS) is 22.7. The number of halogens is 2. The van der Waals surface area contributed by atoms with E-state index < -0.39 is 96.8 Å². The van der Waals surface area contributed by atoms with Crippen molar-refractivity contribution in [3.63, 3.8) is 0 Å². The summed E-state index contributed by atoms with van der Waals surface area (Å²) >= 11 is 0. The summed E-state index contributed by atoms with van der Waals surface area (Å²) in [7, 11) is 3.08. The zero-order valence-electron chi connectivity index (χ0n) is 32.8. The van der Waals surface area contributed by atoms with Crippen molar-refractivity contribution < 1.29 is 47.1 Å².